The highest BCUT2D eigenvalue weighted by Gasteiger charge is 2.30. The van der Waals surface area contributed by atoms with Crippen LogP contribution in [-0.4, -0.2) is 17.1 Å². The molecule has 7 heteroatoms. The van der Waals surface area contributed by atoms with Crippen LogP contribution in [0.1, 0.15) is 21.5 Å². The van der Waals surface area contributed by atoms with E-state index in [2.05, 4.69) is 15.5 Å². The van der Waals surface area contributed by atoms with Crippen molar-refractivity contribution in [1.29, 1.82) is 0 Å². The molecule has 0 saturated carbocycles. The van der Waals surface area contributed by atoms with E-state index in [4.69, 9.17) is 0 Å². The molecule has 0 unspecified atom stereocenters. The molecule has 108 valence electrons. The van der Waals surface area contributed by atoms with Crippen molar-refractivity contribution in [2.24, 2.45) is 5.10 Å². The average Bonchev–Trinajstić information content (AvgIpc) is 2.47. The average molecular weight is 293 g/mol. The van der Waals surface area contributed by atoms with Crippen molar-refractivity contribution in [3.8, 4) is 0 Å². The highest BCUT2D eigenvalue weighted by atomic mass is 19.4. The second-order valence-electron chi connectivity index (χ2n) is 4.06. The Morgan fingerprint density at radius 3 is 2.71 bits per heavy atom. The maximum absolute atomic E-state index is 12.5. The Morgan fingerprint density at radius 2 is 2.05 bits per heavy atom. The molecule has 1 heterocycles. The van der Waals surface area contributed by atoms with Crippen LogP contribution >= 0.6 is 0 Å². The van der Waals surface area contributed by atoms with E-state index in [1.807, 2.05) is 0 Å². The third kappa shape index (κ3) is 4.13. The van der Waals surface area contributed by atoms with Gasteiger partial charge in [-0.25, -0.2) is 5.43 Å². The first kappa shape index (κ1) is 14.7. The van der Waals surface area contributed by atoms with Crippen molar-refractivity contribution >= 4 is 12.1 Å². The number of nitrogens with zero attached hydrogens (tertiary/aromatic N) is 2. The Labute approximate surface area is 118 Å². The molecular weight excluding hydrogens is 283 g/mol. The van der Waals surface area contributed by atoms with Crippen molar-refractivity contribution in [3.05, 3.63) is 65.5 Å². The Morgan fingerprint density at radius 1 is 1.24 bits per heavy atom. The van der Waals surface area contributed by atoms with Gasteiger partial charge in [0.15, 0.2) is 0 Å². The zero-order chi connectivity index (χ0) is 15.3. The number of benzene rings is 1. The van der Waals surface area contributed by atoms with Gasteiger partial charge in [-0.3, -0.25) is 9.78 Å². The summed E-state index contributed by atoms with van der Waals surface area (Å²) in [6.45, 7) is 0. The van der Waals surface area contributed by atoms with Gasteiger partial charge in [0.05, 0.1) is 11.8 Å². The SMILES string of the molecule is O=C(NN=Cc1cccnc1)c1cccc(C(F)(F)F)c1. The van der Waals surface area contributed by atoms with Crippen LogP contribution in [0.25, 0.3) is 0 Å². The number of hydrazone groups is 1. The Hall–Kier alpha value is -2.70. The van der Waals surface area contributed by atoms with Crippen LogP contribution in [0.15, 0.2) is 53.9 Å². The van der Waals surface area contributed by atoms with Crippen molar-refractivity contribution in [2.75, 3.05) is 0 Å². The molecule has 1 amide bonds. The summed E-state index contributed by atoms with van der Waals surface area (Å²) in [4.78, 5) is 15.6. The van der Waals surface area contributed by atoms with Crippen LogP contribution in [0, 0.1) is 0 Å². The summed E-state index contributed by atoms with van der Waals surface area (Å²) in [6.07, 6.45) is -0.0355. The van der Waals surface area contributed by atoms with Crippen LogP contribution in [0.2, 0.25) is 0 Å². The topological polar surface area (TPSA) is 54.4 Å². The smallest absolute Gasteiger partial charge is 0.267 e. The quantitative estimate of drug-likeness (QED) is 0.699. The summed E-state index contributed by atoms with van der Waals surface area (Å²) in [5, 5.41) is 3.66. The maximum Gasteiger partial charge on any atom is 0.416 e. The van der Waals surface area contributed by atoms with Gasteiger partial charge < -0.3 is 0 Å². The third-order valence-electron chi connectivity index (χ3n) is 2.52. The molecule has 4 nitrogen and oxygen atoms in total. The van der Waals surface area contributed by atoms with E-state index >= 15 is 0 Å². The summed E-state index contributed by atoms with van der Waals surface area (Å²) in [5.74, 6) is -0.721. The molecule has 0 aliphatic heterocycles. The minimum atomic E-state index is -4.49. The summed E-state index contributed by atoms with van der Waals surface area (Å²) in [5.41, 5.74) is 1.82. The predicted octanol–water partition coefficient (Wildman–Crippen LogP) is 2.86. The third-order valence-corrected chi connectivity index (χ3v) is 2.52. The van der Waals surface area contributed by atoms with Gasteiger partial charge in [-0.2, -0.15) is 18.3 Å². The lowest BCUT2D eigenvalue weighted by molar-refractivity contribution is -0.137. The Bertz CT molecular complexity index is 654. The molecule has 1 N–H and O–H groups in total. The van der Waals surface area contributed by atoms with Crippen LogP contribution in [-0.2, 0) is 6.18 Å². The molecule has 0 aliphatic carbocycles. The Kier molecular flexibility index (Phi) is 4.32. The molecule has 2 aromatic rings. The number of rotatable bonds is 3. The summed E-state index contributed by atoms with van der Waals surface area (Å²) < 4.78 is 37.6. The number of halogens is 3. The lowest BCUT2D eigenvalue weighted by Gasteiger charge is -2.07. The van der Waals surface area contributed by atoms with Gasteiger partial charge in [0.25, 0.3) is 5.91 Å². The van der Waals surface area contributed by atoms with Gasteiger partial charge in [0.1, 0.15) is 0 Å². The fourth-order valence-corrected chi connectivity index (χ4v) is 1.52. The predicted molar refractivity (Wildman–Crippen MR) is 70.7 cm³/mol. The van der Waals surface area contributed by atoms with E-state index in [-0.39, 0.29) is 5.56 Å². The molecule has 1 aromatic heterocycles. The molecular formula is C14H10F3N3O. The first-order valence-corrected chi connectivity index (χ1v) is 5.87. The van der Waals surface area contributed by atoms with Crippen LogP contribution in [0.5, 0.6) is 0 Å². The number of hydrogen-bond acceptors (Lipinski definition) is 3. The molecule has 0 atom stereocenters. The van der Waals surface area contributed by atoms with Crippen molar-refractivity contribution in [2.45, 2.75) is 6.18 Å². The second-order valence-corrected chi connectivity index (χ2v) is 4.06. The number of alkyl halides is 3. The van der Waals surface area contributed by atoms with E-state index in [1.54, 1.807) is 18.3 Å². The summed E-state index contributed by atoms with van der Waals surface area (Å²) >= 11 is 0. The van der Waals surface area contributed by atoms with E-state index in [1.165, 1.54) is 24.5 Å². The summed E-state index contributed by atoms with van der Waals surface area (Å²) in [7, 11) is 0. The summed E-state index contributed by atoms with van der Waals surface area (Å²) in [6, 6.07) is 7.53. The van der Waals surface area contributed by atoms with Crippen molar-refractivity contribution < 1.29 is 18.0 Å². The van der Waals surface area contributed by atoms with Crippen LogP contribution in [0.3, 0.4) is 0 Å². The molecule has 2 rings (SSSR count). The van der Waals surface area contributed by atoms with Gasteiger partial charge in [0.2, 0.25) is 0 Å². The van der Waals surface area contributed by atoms with Gasteiger partial charge in [-0.05, 0) is 24.3 Å². The zero-order valence-electron chi connectivity index (χ0n) is 10.6. The molecule has 21 heavy (non-hydrogen) atoms. The van der Waals surface area contributed by atoms with Gasteiger partial charge in [0, 0.05) is 23.5 Å². The number of carbonyl (C=O) groups excluding carboxylic acids is 1. The number of pyridine rings is 1. The molecule has 0 radical (unpaired) electrons. The number of nitrogens with one attached hydrogen (secondary N) is 1. The first-order chi connectivity index (χ1) is 9.97. The monoisotopic (exact) mass is 293 g/mol. The fourth-order valence-electron chi connectivity index (χ4n) is 1.52. The van der Waals surface area contributed by atoms with Gasteiger partial charge in [-0.1, -0.05) is 12.1 Å². The van der Waals surface area contributed by atoms with E-state index < -0.39 is 17.6 Å². The van der Waals surface area contributed by atoms with Crippen LogP contribution < -0.4 is 5.43 Å². The highest BCUT2D eigenvalue weighted by Crippen LogP contribution is 2.29. The van der Waals surface area contributed by atoms with Gasteiger partial charge >= 0.3 is 6.18 Å². The van der Waals surface area contributed by atoms with E-state index in [9.17, 15) is 18.0 Å². The van der Waals surface area contributed by atoms with Crippen molar-refractivity contribution in [3.63, 3.8) is 0 Å². The molecule has 0 bridgehead atoms. The highest BCUT2D eigenvalue weighted by molar-refractivity contribution is 5.95. The zero-order valence-corrected chi connectivity index (χ0v) is 10.6. The standard InChI is InChI=1S/C14H10F3N3O/c15-14(16,17)12-5-1-4-11(7-12)13(21)20-19-9-10-3-2-6-18-8-10/h1-9H,(H,20,21). The minimum absolute atomic E-state index is 0.117. The van der Waals surface area contributed by atoms with E-state index in [0.29, 0.717) is 5.56 Å². The van der Waals surface area contributed by atoms with Gasteiger partial charge in [-0.15, -0.1) is 0 Å². The largest absolute Gasteiger partial charge is 0.416 e. The molecule has 0 aliphatic rings. The molecule has 0 saturated heterocycles. The number of hydrogen-bond donors (Lipinski definition) is 1. The number of aromatic nitrogens is 1. The normalized spacial score (nSPS) is 11.6. The lowest BCUT2D eigenvalue weighted by atomic mass is 10.1. The number of carbonyl (C=O) groups is 1. The molecule has 1 aromatic carbocycles. The molecule has 0 spiro atoms. The van der Waals surface area contributed by atoms with E-state index in [0.717, 1.165) is 12.1 Å². The van der Waals surface area contributed by atoms with Crippen molar-refractivity contribution in [1.82, 2.24) is 10.4 Å². The number of amides is 1. The first-order valence-electron chi connectivity index (χ1n) is 5.87. The second kappa shape index (κ2) is 6.17. The lowest BCUT2D eigenvalue weighted by Crippen LogP contribution is -2.18. The van der Waals surface area contributed by atoms with Crippen LogP contribution in [0.4, 0.5) is 13.2 Å². The fraction of sp³-hybridized carbons (Fsp3) is 0.0714. The maximum atomic E-state index is 12.5. The Balaban J connectivity index is 2.06. The molecule has 0 fully saturated rings. The minimum Gasteiger partial charge on any atom is -0.267 e.